The van der Waals surface area contributed by atoms with Gasteiger partial charge >= 0.3 is 0 Å². The van der Waals surface area contributed by atoms with E-state index in [0.717, 1.165) is 16.7 Å². The Hall–Kier alpha value is -2.89. The van der Waals surface area contributed by atoms with Crippen LogP contribution in [-0.2, 0) is 0 Å². The van der Waals surface area contributed by atoms with Gasteiger partial charge in [0.25, 0.3) is 0 Å². The first kappa shape index (κ1) is 23.3. The molecule has 0 bridgehead atoms. The first-order chi connectivity index (χ1) is 15.9. The fourth-order valence-electron chi connectivity index (χ4n) is 5.16. The van der Waals surface area contributed by atoms with Crippen molar-refractivity contribution in [2.24, 2.45) is 11.7 Å². The van der Waals surface area contributed by atoms with Gasteiger partial charge in [-0.1, -0.05) is 42.5 Å². The minimum Gasteiger partial charge on any atom is -0.329 e. The van der Waals surface area contributed by atoms with Crippen LogP contribution < -0.4 is 5.73 Å². The van der Waals surface area contributed by atoms with Crippen molar-refractivity contribution in [1.82, 2.24) is 4.90 Å². The van der Waals surface area contributed by atoms with Crippen LogP contribution in [0.1, 0.15) is 44.4 Å². The third kappa shape index (κ3) is 4.75. The second-order valence-corrected chi connectivity index (χ2v) is 8.88. The van der Waals surface area contributed by atoms with Crippen LogP contribution in [0, 0.1) is 37.5 Å². The fraction of sp³-hybridized carbons (Fsp3) is 0.321. The predicted molar refractivity (Wildman–Crippen MR) is 126 cm³/mol. The van der Waals surface area contributed by atoms with Crippen LogP contribution in [0.2, 0.25) is 0 Å². The van der Waals surface area contributed by atoms with Crippen molar-refractivity contribution >= 4 is 5.78 Å². The average Bonchev–Trinajstić information content (AvgIpc) is 2.81. The summed E-state index contributed by atoms with van der Waals surface area (Å²) >= 11 is 0. The van der Waals surface area contributed by atoms with Gasteiger partial charge in [-0.05, 0) is 54.8 Å². The molecule has 0 aliphatic carbocycles. The van der Waals surface area contributed by atoms with Crippen LogP contribution >= 0.6 is 0 Å². The maximum atomic E-state index is 15.1. The van der Waals surface area contributed by atoms with E-state index in [9.17, 15) is 9.18 Å². The smallest absolute Gasteiger partial charge is 0.167 e. The number of rotatable bonds is 6. The number of nitrogens with two attached hydrogens (primary N) is 1. The molecular formula is C28H29F2N2O. The number of nitrogens with zero attached hydrogens (tertiary/aromatic N) is 1. The molecule has 2 N–H and O–H groups in total. The van der Waals surface area contributed by atoms with Gasteiger partial charge in [-0.2, -0.15) is 0 Å². The van der Waals surface area contributed by atoms with Gasteiger partial charge in [0.1, 0.15) is 11.6 Å². The van der Waals surface area contributed by atoms with E-state index in [1.54, 1.807) is 24.3 Å². The quantitative estimate of drug-likeness (QED) is 0.540. The van der Waals surface area contributed by atoms with E-state index in [2.05, 4.69) is 11.0 Å². The van der Waals surface area contributed by atoms with Crippen molar-refractivity contribution in [2.45, 2.75) is 25.7 Å². The lowest BCUT2D eigenvalue weighted by Crippen LogP contribution is -2.48. The highest BCUT2D eigenvalue weighted by Gasteiger charge is 2.43. The molecule has 0 unspecified atom stereocenters. The molecule has 5 heteroatoms. The van der Waals surface area contributed by atoms with Crippen molar-refractivity contribution in [3.63, 3.8) is 0 Å². The molecule has 0 spiro atoms. The van der Waals surface area contributed by atoms with Crippen molar-refractivity contribution in [2.75, 3.05) is 26.2 Å². The van der Waals surface area contributed by atoms with Crippen LogP contribution in [0.5, 0.6) is 0 Å². The number of carbonyl (C=O) groups excluding carboxylic acids is 1. The maximum Gasteiger partial charge on any atom is 0.167 e. The molecule has 1 heterocycles. The Morgan fingerprint density at radius 3 is 2.61 bits per heavy atom. The van der Waals surface area contributed by atoms with Crippen LogP contribution in [0.4, 0.5) is 8.78 Å². The van der Waals surface area contributed by atoms with Crippen LogP contribution in [0.3, 0.4) is 0 Å². The molecule has 3 aromatic rings. The number of carbonyl (C=O) groups is 1. The molecule has 3 atom stereocenters. The Morgan fingerprint density at radius 1 is 1.09 bits per heavy atom. The van der Waals surface area contributed by atoms with Crippen molar-refractivity contribution in [1.29, 1.82) is 0 Å². The first-order valence-electron chi connectivity index (χ1n) is 11.3. The summed E-state index contributed by atoms with van der Waals surface area (Å²) < 4.78 is 29.0. The lowest BCUT2D eigenvalue weighted by atomic mass is 9.67. The number of benzene rings is 3. The molecule has 1 saturated heterocycles. The van der Waals surface area contributed by atoms with Gasteiger partial charge in [0, 0.05) is 55.1 Å². The minimum atomic E-state index is -0.481. The molecular weight excluding hydrogens is 418 g/mol. The highest BCUT2D eigenvalue weighted by Crippen LogP contribution is 2.46. The van der Waals surface area contributed by atoms with Crippen LogP contribution in [0.25, 0.3) is 0 Å². The van der Waals surface area contributed by atoms with E-state index in [0.29, 0.717) is 37.3 Å². The van der Waals surface area contributed by atoms with Crippen molar-refractivity contribution in [3.05, 3.63) is 106 Å². The average molecular weight is 448 g/mol. The number of hydrogen-bond donors (Lipinski definition) is 1. The Kier molecular flexibility index (Phi) is 7.01. The van der Waals surface area contributed by atoms with E-state index >= 15 is 4.39 Å². The van der Waals surface area contributed by atoms with E-state index < -0.39 is 11.7 Å². The number of piperidine rings is 1. The maximum absolute atomic E-state index is 15.1. The topological polar surface area (TPSA) is 46.3 Å². The molecule has 1 radical (unpaired) electrons. The summed E-state index contributed by atoms with van der Waals surface area (Å²) in [5.41, 5.74) is 9.90. The highest BCUT2D eigenvalue weighted by molar-refractivity contribution is 5.98. The Balaban J connectivity index is 1.89. The van der Waals surface area contributed by atoms with E-state index in [1.807, 2.05) is 32.0 Å². The molecule has 3 aromatic carbocycles. The van der Waals surface area contributed by atoms with Gasteiger partial charge in [0.2, 0.25) is 0 Å². The van der Waals surface area contributed by atoms with Gasteiger partial charge < -0.3 is 10.6 Å². The number of aryl methyl sites for hydroxylation is 1. The number of Topliss-reactive ketones (excluding diaryl/α,β-unsaturated/α-hetero) is 1. The zero-order valence-corrected chi connectivity index (χ0v) is 19.0. The van der Waals surface area contributed by atoms with E-state index in [-0.39, 0.29) is 23.4 Å². The zero-order chi connectivity index (χ0) is 23.5. The SMILES string of the molecule is Cc1cccc([C@@H]2[C@@H](C(=O)c3cccc(F)c3)CN(CCN)C[C@@H]2c2[c]cccc2F)c1C. The van der Waals surface area contributed by atoms with E-state index in [4.69, 9.17) is 5.73 Å². The van der Waals surface area contributed by atoms with Gasteiger partial charge in [-0.25, -0.2) is 8.78 Å². The molecule has 0 saturated carbocycles. The predicted octanol–water partition coefficient (Wildman–Crippen LogP) is 5.02. The highest BCUT2D eigenvalue weighted by atomic mass is 19.1. The summed E-state index contributed by atoms with van der Waals surface area (Å²) in [5.74, 6) is -1.96. The first-order valence-corrected chi connectivity index (χ1v) is 11.3. The van der Waals surface area contributed by atoms with Gasteiger partial charge in [-0.15, -0.1) is 0 Å². The molecule has 3 nitrogen and oxygen atoms in total. The van der Waals surface area contributed by atoms with Gasteiger partial charge in [-0.3, -0.25) is 4.79 Å². The Labute approximate surface area is 194 Å². The Bertz CT molecular complexity index is 1150. The third-order valence-electron chi connectivity index (χ3n) is 6.88. The zero-order valence-electron chi connectivity index (χ0n) is 19.0. The Morgan fingerprint density at radius 2 is 1.88 bits per heavy atom. The standard InChI is InChI=1S/C28H29F2N2O/c1-18-7-5-11-22(19(18)2)27-24(23-10-3-4-12-26(23)30)16-32(14-13-31)17-25(27)28(33)20-8-6-9-21(29)15-20/h3-9,11-12,15,24-25,27H,13-14,16-17,31H2,1-2H3/t24-,25+,27+/m1/s1. The molecule has 33 heavy (non-hydrogen) atoms. The lowest BCUT2D eigenvalue weighted by molar-refractivity contribution is 0.0741. The lowest BCUT2D eigenvalue weighted by Gasteiger charge is -2.44. The largest absolute Gasteiger partial charge is 0.329 e. The molecule has 1 aliphatic heterocycles. The number of likely N-dealkylation sites (tertiary alicyclic amines) is 1. The van der Waals surface area contributed by atoms with Crippen LogP contribution in [0.15, 0.2) is 60.7 Å². The minimum absolute atomic E-state index is 0.136. The monoisotopic (exact) mass is 447 g/mol. The molecule has 0 amide bonds. The normalized spacial score (nSPS) is 21.2. The van der Waals surface area contributed by atoms with Crippen LogP contribution in [-0.4, -0.2) is 36.9 Å². The van der Waals surface area contributed by atoms with Crippen molar-refractivity contribution < 1.29 is 13.6 Å². The molecule has 1 fully saturated rings. The van der Waals surface area contributed by atoms with E-state index in [1.165, 1.54) is 18.2 Å². The summed E-state index contributed by atoms with van der Waals surface area (Å²) in [4.78, 5) is 15.9. The molecule has 4 rings (SSSR count). The molecule has 171 valence electrons. The summed E-state index contributed by atoms with van der Waals surface area (Å²) in [6.07, 6.45) is 0. The van der Waals surface area contributed by atoms with Crippen molar-refractivity contribution in [3.8, 4) is 0 Å². The number of hydrogen-bond acceptors (Lipinski definition) is 3. The second-order valence-electron chi connectivity index (χ2n) is 8.88. The van der Waals surface area contributed by atoms with Gasteiger partial charge in [0.15, 0.2) is 5.78 Å². The van der Waals surface area contributed by atoms with Gasteiger partial charge in [0.05, 0.1) is 0 Å². The fourth-order valence-corrected chi connectivity index (χ4v) is 5.16. The summed E-state index contributed by atoms with van der Waals surface area (Å²) in [7, 11) is 0. The summed E-state index contributed by atoms with van der Waals surface area (Å²) in [5, 5.41) is 0. The summed E-state index contributed by atoms with van der Waals surface area (Å²) in [6, 6.07) is 19.8. The number of halogens is 2. The molecule has 0 aromatic heterocycles. The molecule has 1 aliphatic rings. The number of ketones is 1. The third-order valence-corrected chi connectivity index (χ3v) is 6.88. The second kappa shape index (κ2) is 9.94. The summed E-state index contributed by atoms with van der Waals surface area (Å²) in [6.45, 7) is 6.16.